The minimum Gasteiger partial charge on any atom is -0.480 e. The van der Waals surface area contributed by atoms with Crippen molar-refractivity contribution in [2.45, 2.75) is 12.8 Å². The van der Waals surface area contributed by atoms with E-state index in [2.05, 4.69) is 20.3 Å². The predicted molar refractivity (Wildman–Crippen MR) is 77.5 cm³/mol. The number of hydrogen-bond donors (Lipinski definition) is 1. The van der Waals surface area contributed by atoms with E-state index in [1.165, 1.54) is 12.8 Å². The zero-order chi connectivity index (χ0) is 14.7. The molecule has 0 unspecified atom stereocenters. The molecule has 1 aliphatic rings. The van der Waals surface area contributed by atoms with Gasteiger partial charge in [0.2, 0.25) is 5.88 Å². The van der Waals surface area contributed by atoms with Crippen molar-refractivity contribution < 1.29 is 9.53 Å². The summed E-state index contributed by atoms with van der Waals surface area (Å²) in [4.78, 5) is 18.7. The maximum absolute atomic E-state index is 12.1. The smallest absolute Gasteiger partial charge is 0.271 e. The van der Waals surface area contributed by atoms with Crippen molar-refractivity contribution in [2.24, 2.45) is 0 Å². The first-order valence-electron chi connectivity index (χ1n) is 7.17. The number of aromatic nitrogens is 3. The summed E-state index contributed by atoms with van der Waals surface area (Å²) in [5.41, 5.74) is 0.998. The zero-order valence-electron chi connectivity index (χ0n) is 12.1. The Kier molecular flexibility index (Phi) is 4.01. The van der Waals surface area contributed by atoms with E-state index in [9.17, 15) is 4.79 Å². The third-order valence-electron chi connectivity index (χ3n) is 3.65. The lowest BCUT2D eigenvalue weighted by atomic mass is 10.4. The maximum Gasteiger partial charge on any atom is 0.271 e. The van der Waals surface area contributed by atoms with Crippen LogP contribution in [0.4, 0.5) is 0 Å². The van der Waals surface area contributed by atoms with Gasteiger partial charge in [0.1, 0.15) is 5.69 Å². The van der Waals surface area contributed by atoms with Crippen LogP contribution in [0, 0.1) is 0 Å². The molecule has 0 aliphatic carbocycles. The van der Waals surface area contributed by atoms with Gasteiger partial charge in [-0.15, -0.1) is 5.10 Å². The minimum absolute atomic E-state index is 0.168. The third kappa shape index (κ3) is 3.13. The van der Waals surface area contributed by atoms with Gasteiger partial charge in [-0.1, -0.05) is 0 Å². The fraction of sp³-hybridized carbons (Fsp3) is 0.500. The molecule has 1 fully saturated rings. The molecule has 2 aromatic heterocycles. The van der Waals surface area contributed by atoms with Crippen LogP contribution in [0.2, 0.25) is 0 Å². The monoisotopic (exact) mass is 289 g/mol. The van der Waals surface area contributed by atoms with E-state index in [1.807, 2.05) is 0 Å². The molecule has 0 aromatic carbocycles. The molecule has 112 valence electrons. The van der Waals surface area contributed by atoms with Crippen LogP contribution in [-0.4, -0.2) is 58.7 Å². The van der Waals surface area contributed by atoms with Crippen LogP contribution in [0.15, 0.2) is 18.3 Å². The maximum atomic E-state index is 12.1. The number of fused-ring (bicyclic) bond motifs is 1. The molecule has 0 atom stereocenters. The highest BCUT2D eigenvalue weighted by Crippen LogP contribution is 2.09. The van der Waals surface area contributed by atoms with Crippen LogP contribution in [-0.2, 0) is 0 Å². The molecule has 3 rings (SSSR count). The predicted octanol–water partition coefficient (Wildman–Crippen LogP) is 0.563. The summed E-state index contributed by atoms with van der Waals surface area (Å²) in [7, 11) is 1.55. The normalized spacial score (nSPS) is 15.5. The Morgan fingerprint density at radius 3 is 2.95 bits per heavy atom. The van der Waals surface area contributed by atoms with Crippen LogP contribution in [0.25, 0.3) is 5.65 Å². The molecule has 3 heterocycles. The molecule has 1 saturated heterocycles. The Bertz CT molecular complexity index is 633. The number of amides is 1. The molecule has 21 heavy (non-hydrogen) atoms. The molecule has 1 N–H and O–H groups in total. The molecular formula is C14H19N5O2. The Labute approximate surface area is 122 Å². The van der Waals surface area contributed by atoms with E-state index in [0.29, 0.717) is 23.8 Å². The fourth-order valence-electron chi connectivity index (χ4n) is 2.51. The van der Waals surface area contributed by atoms with E-state index in [-0.39, 0.29) is 5.91 Å². The molecule has 0 radical (unpaired) electrons. The van der Waals surface area contributed by atoms with Crippen LogP contribution in [0.3, 0.4) is 0 Å². The summed E-state index contributed by atoms with van der Waals surface area (Å²) in [5, 5.41) is 7.08. The molecule has 0 bridgehead atoms. The first-order chi connectivity index (χ1) is 10.3. The number of methoxy groups -OCH3 is 1. The molecule has 7 heteroatoms. The second kappa shape index (κ2) is 6.09. The number of ether oxygens (including phenoxy) is 1. The van der Waals surface area contributed by atoms with E-state index in [0.717, 1.165) is 19.6 Å². The molecule has 0 spiro atoms. The zero-order valence-corrected chi connectivity index (χ0v) is 12.1. The Morgan fingerprint density at radius 1 is 1.38 bits per heavy atom. The number of carbonyl (C=O) groups is 1. The Hall–Kier alpha value is -2.15. The summed E-state index contributed by atoms with van der Waals surface area (Å²) < 4.78 is 6.60. The van der Waals surface area contributed by atoms with Crippen LogP contribution in [0.1, 0.15) is 23.3 Å². The Morgan fingerprint density at radius 2 is 2.19 bits per heavy atom. The summed E-state index contributed by atoms with van der Waals surface area (Å²) in [5.74, 6) is 0.319. The van der Waals surface area contributed by atoms with Gasteiger partial charge in [0.05, 0.1) is 13.3 Å². The van der Waals surface area contributed by atoms with Gasteiger partial charge in [-0.3, -0.25) is 4.79 Å². The number of rotatable bonds is 5. The van der Waals surface area contributed by atoms with Crippen LogP contribution in [0.5, 0.6) is 5.88 Å². The summed E-state index contributed by atoms with van der Waals surface area (Å²) in [6.07, 6.45) is 4.13. The SMILES string of the molecule is COc1ccc2nc(C(=O)NCCN3CCCC3)cn2n1. The van der Waals surface area contributed by atoms with E-state index < -0.39 is 0 Å². The molecule has 1 aliphatic heterocycles. The highest BCUT2D eigenvalue weighted by atomic mass is 16.5. The second-order valence-electron chi connectivity index (χ2n) is 5.11. The molecule has 7 nitrogen and oxygen atoms in total. The van der Waals surface area contributed by atoms with Crippen molar-refractivity contribution in [3.05, 3.63) is 24.0 Å². The van der Waals surface area contributed by atoms with Crippen molar-refractivity contribution >= 4 is 11.6 Å². The van der Waals surface area contributed by atoms with E-state index >= 15 is 0 Å². The minimum atomic E-state index is -0.168. The van der Waals surface area contributed by atoms with E-state index in [1.54, 1.807) is 30.0 Å². The van der Waals surface area contributed by atoms with Crippen molar-refractivity contribution in [1.29, 1.82) is 0 Å². The topological polar surface area (TPSA) is 71.8 Å². The van der Waals surface area contributed by atoms with Crippen LogP contribution < -0.4 is 10.1 Å². The van der Waals surface area contributed by atoms with E-state index in [4.69, 9.17) is 4.74 Å². The molecule has 1 amide bonds. The number of carbonyl (C=O) groups excluding carboxylic acids is 1. The van der Waals surface area contributed by atoms with Gasteiger partial charge in [-0.05, 0) is 32.0 Å². The molecule has 2 aromatic rings. The molecular weight excluding hydrogens is 270 g/mol. The van der Waals surface area contributed by atoms with Crippen molar-refractivity contribution in [2.75, 3.05) is 33.3 Å². The van der Waals surface area contributed by atoms with Crippen LogP contribution >= 0.6 is 0 Å². The highest BCUT2D eigenvalue weighted by Gasteiger charge is 2.14. The largest absolute Gasteiger partial charge is 0.480 e. The highest BCUT2D eigenvalue weighted by molar-refractivity contribution is 5.92. The van der Waals surface area contributed by atoms with Gasteiger partial charge < -0.3 is 15.0 Å². The first kappa shape index (κ1) is 13.8. The third-order valence-corrected chi connectivity index (χ3v) is 3.65. The number of hydrogen-bond acceptors (Lipinski definition) is 5. The average Bonchev–Trinajstić information content (AvgIpc) is 3.15. The van der Waals surface area contributed by atoms with Gasteiger partial charge in [0, 0.05) is 19.2 Å². The summed E-state index contributed by atoms with van der Waals surface area (Å²) in [6.45, 7) is 3.80. The van der Waals surface area contributed by atoms with Crippen molar-refractivity contribution in [1.82, 2.24) is 24.8 Å². The fourth-order valence-corrected chi connectivity index (χ4v) is 2.51. The average molecular weight is 289 g/mol. The molecule has 0 saturated carbocycles. The standard InChI is InChI=1S/C14H19N5O2/c1-21-13-5-4-12-16-11(10-19(12)17-13)14(20)15-6-9-18-7-2-3-8-18/h4-5,10H,2-3,6-9H2,1H3,(H,15,20). The van der Waals surface area contributed by atoms with Crippen molar-refractivity contribution in [3.63, 3.8) is 0 Å². The lowest BCUT2D eigenvalue weighted by Crippen LogP contribution is -2.33. The van der Waals surface area contributed by atoms with Gasteiger partial charge in [-0.25, -0.2) is 9.50 Å². The number of likely N-dealkylation sites (tertiary alicyclic amines) is 1. The Balaban J connectivity index is 1.61. The lowest BCUT2D eigenvalue weighted by molar-refractivity contribution is 0.0945. The summed E-state index contributed by atoms with van der Waals surface area (Å²) >= 11 is 0. The first-order valence-corrected chi connectivity index (χ1v) is 7.17. The summed E-state index contributed by atoms with van der Waals surface area (Å²) in [6, 6.07) is 3.49. The quantitative estimate of drug-likeness (QED) is 0.871. The number of imidazole rings is 1. The van der Waals surface area contributed by atoms with Gasteiger partial charge in [0.25, 0.3) is 5.91 Å². The number of nitrogens with zero attached hydrogens (tertiary/aromatic N) is 4. The van der Waals surface area contributed by atoms with Gasteiger partial charge >= 0.3 is 0 Å². The lowest BCUT2D eigenvalue weighted by Gasteiger charge is -2.14. The number of nitrogens with one attached hydrogen (secondary N) is 1. The van der Waals surface area contributed by atoms with Gasteiger partial charge in [-0.2, -0.15) is 0 Å². The second-order valence-corrected chi connectivity index (χ2v) is 5.11. The van der Waals surface area contributed by atoms with Gasteiger partial charge in [0.15, 0.2) is 5.65 Å². The van der Waals surface area contributed by atoms with Crippen molar-refractivity contribution in [3.8, 4) is 5.88 Å².